The van der Waals surface area contributed by atoms with Gasteiger partial charge in [-0.05, 0) is 5.92 Å². The first-order chi connectivity index (χ1) is 8.15. The van der Waals surface area contributed by atoms with Crippen LogP contribution in [0.2, 0.25) is 5.02 Å². The van der Waals surface area contributed by atoms with Gasteiger partial charge in [0, 0.05) is 18.1 Å². The molecule has 0 aromatic heterocycles. The number of aromatic hydroxyl groups is 1. The quantitative estimate of drug-likeness (QED) is 0.845. The molecule has 4 nitrogen and oxygen atoms in total. The molecular formula is C12H13ClO4. The van der Waals surface area contributed by atoms with Gasteiger partial charge < -0.3 is 19.4 Å². The van der Waals surface area contributed by atoms with Crippen molar-refractivity contribution in [3.05, 3.63) is 16.7 Å². The van der Waals surface area contributed by atoms with Crippen LogP contribution in [0.15, 0.2) is 6.07 Å². The molecule has 92 valence electrons. The molecule has 0 fully saturated rings. The van der Waals surface area contributed by atoms with E-state index in [1.165, 1.54) is 6.07 Å². The molecule has 2 rings (SSSR count). The highest BCUT2D eigenvalue weighted by Gasteiger charge is 2.25. The summed E-state index contributed by atoms with van der Waals surface area (Å²) < 4.78 is 10.9. The molecular weight excluding hydrogens is 244 g/mol. The van der Waals surface area contributed by atoms with Gasteiger partial charge in [-0.2, -0.15) is 0 Å². The first kappa shape index (κ1) is 12.0. The van der Waals surface area contributed by atoms with Crippen molar-refractivity contribution in [2.24, 2.45) is 0 Å². The van der Waals surface area contributed by atoms with Crippen molar-refractivity contribution in [1.82, 2.24) is 0 Å². The number of hydrogen-bond donors (Lipinski definition) is 1. The number of carbonyl (C=O) groups excluding carboxylic acids is 1. The van der Waals surface area contributed by atoms with Crippen LogP contribution in [-0.4, -0.2) is 24.6 Å². The van der Waals surface area contributed by atoms with E-state index < -0.39 is 0 Å². The Morgan fingerprint density at radius 1 is 1.53 bits per heavy atom. The maximum atomic E-state index is 10.6. The molecule has 1 aromatic rings. The molecule has 0 bridgehead atoms. The summed E-state index contributed by atoms with van der Waals surface area (Å²) in [6.45, 7) is 2.73. The minimum atomic E-state index is -0.123. The van der Waals surface area contributed by atoms with Crippen LogP contribution in [0.5, 0.6) is 17.2 Å². The van der Waals surface area contributed by atoms with Crippen molar-refractivity contribution in [3.8, 4) is 17.2 Å². The van der Waals surface area contributed by atoms with E-state index in [0.29, 0.717) is 36.7 Å². The Kier molecular flexibility index (Phi) is 3.43. The van der Waals surface area contributed by atoms with Crippen LogP contribution in [0, 0.1) is 0 Å². The summed E-state index contributed by atoms with van der Waals surface area (Å²) in [5, 5.41) is 9.94. The van der Waals surface area contributed by atoms with E-state index in [0.717, 1.165) is 6.29 Å². The molecule has 0 radical (unpaired) electrons. The van der Waals surface area contributed by atoms with Gasteiger partial charge in [0.15, 0.2) is 11.5 Å². The summed E-state index contributed by atoms with van der Waals surface area (Å²) in [7, 11) is 0. The average molecular weight is 257 g/mol. The molecule has 1 aromatic carbocycles. The number of hydrogen-bond acceptors (Lipinski definition) is 4. The maximum Gasteiger partial charge on any atom is 0.166 e. The van der Waals surface area contributed by atoms with Crippen molar-refractivity contribution in [3.63, 3.8) is 0 Å². The van der Waals surface area contributed by atoms with Crippen molar-refractivity contribution in [2.45, 2.75) is 19.3 Å². The fraction of sp³-hybridized carbons (Fsp3) is 0.417. The zero-order valence-corrected chi connectivity index (χ0v) is 10.2. The third-order valence-electron chi connectivity index (χ3n) is 2.73. The van der Waals surface area contributed by atoms with Gasteiger partial charge in [0.2, 0.25) is 0 Å². The van der Waals surface area contributed by atoms with Crippen LogP contribution in [-0.2, 0) is 4.79 Å². The summed E-state index contributed by atoms with van der Waals surface area (Å²) in [5.74, 6) is 0.838. The summed E-state index contributed by atoms with van der Waals surface area (Å²) in [4.78, 5) is 10.6. The van der Waals surface area contributed by atoms with E-state index in [2.05, 4.69) is 0 Å². The van der Waals surface area contributed by atoms with E-state index in [-0.39, 0.29) is 16.7 Å². The van der Waals surface area contributed by atoms with Gasteiger partial charge in [-0.1, -0.05) is 18.5 Å². The molecule has 0 aliphatic carbocycles. The van der Waals surface area contributed by atoms with Crippen molar-refractivity contribution in [1.29, 1.82) is 0 Å². The Morgan fingerprint density at radius 3 is 2.94 bits per heavy atom. The lowest BCUT2D eigenvalue weighted by Crippen LogP contribution is -2.17. The number of fused-ring (bicyclic) bond motifs is 1. The highest BCUT2D eigenvalue weighted by atomic mass is 35.5. The number of aldehydes is 1. The van der Waals surface area contributed by atoms with Crippen LogP contribution in [0.1, 0.15) is 24.8 Å². The van der Waals surface area contributed by atoms with E-state index in [4.69, 9.17) is 21.1 Å². The molecule has 0 saturated heterocycles. The van der Waals surface area contributed by atoms with Crippen LogP contribution >= 0.6 is 11.6 Å². The number of halogens is 1. The van der Waals surface area contributed by atoms with E-state index >= 15 is 0 Å². The van der Waals surface area contributed by atoms with E-state index in [1.54, 1.807) is 0 Å². The number of benzene rings is 1. The number of phenols is 1. The number of phenolic OH excluding ortho intramolecular Hbond substituents is 1. The fourth-order valence-corrected chi connectivity index (χ4v) is 2.20. The molecule has 1 N–H and O–H groups in total. The van der Waals surface area contributed by atoms with Gasteiger partial charge in [0.05, 0.1) is 5.02 Å². The molecule has 0 amide bonds. The Hall–Kier alpha value is -1.42. The van der Waals surface area contributed by atoms with E-state index in [9.17, 15) is 9.90 Å². The minimum absolute atomic E-state index is 0.0522. The zero-order chi connectivity index (χ0) is 12.4. The monoisotopic (exact) mass is 256 g/mol. The van der Waals surface area contributed by atoms with Crippen LogP contribution in [0.25, 0.3) is 0 Å². The standard InChI is InChI=1S/C12H13ClO4/c1-7(2-3-14)10-11(13)8(15)6-9-12(10)17-5-4-16-9/h3,6-7,15H,2,4-5H2,1H3. The van der Waals surface area contributed by atoms with Gasteiger partial charge in [-0.15, -0.1) is 0 Å². The van der Waals surface area contributed by atoms with Crippen LogP contribution in [0.3, 0.4) is 0 Å². The highest BCUT2D eigenvalue weighted by molar-refractivity contribution is 6.33. The molecule has 1 aliphatic heterocycles. The topological polar surface area (TPSA) is 55.8 Å². The second kappa shape index (κ2) is 4.84. The van der Waals surface area contributed by atoms with Gasteiger partial charge in [0.25, 0.3) is 0 Å². The van der Waals surface area contributed by atoms with Crippen LogP contribution in [0.4, 0.5) is 0 Å². The molecule has 1 unspecified atom stereocenters. The van der Waals surface area contributed by atoms with E-state index in [1.807, 2.05) is 6.92 Å². The van der Waals surface area contributed by atoms with Gasteiger partial charge in [-0.3, -0.25) is 0 Å². The Bertz CT molecular complexity index is 445. The number of rotatable bonds is 3. The molecule has 0 spiro atoms. The molecule has 0 saturated carbocycles. The number of carbonyl (C=O) groups is 1. The lowest BCUT2D eigenvalue weighted by molar-refractivity contribution is -0.108. The third kappa shape index (κ3) is 2.17. The molecule has 1 aliphatic rings. The lowest BCUT2D eigenvalue weighted by Gasteiger charge is -2.24. The predicted molar refractivity (Wildman–Crippen MR) is 63.2 cm³/mol. The normalized spacial score (nSPS) is 15.4. The highest BCUT2D eigenvalue weighted by Crippen LogP contribution is 2.47. The smallest absolute Gasteiger partial charge is 0.166 e. The maximum absolute atomic E-state index is 10.6. The van der Waals surface area contributed by atoms with Crippen LogP contribution < -0.4 is 9.47 Å². The minimum Gasteiger partial charge on any atom is -0.506 e. The Balaban J connectivity index is 2.54. The summed E-state index contributed by atoms with van der Waals surface area (Å²) in [5.41, 5.74) is 0.633. The Morgan fingerprint density at radius 2 is 2.24 bits per heavy atom. The summed E-state index contributed by atoms with van der Waals surface area (Å²) in [6, 6.07) is 1.44. The molecule has 17 heavy (non-hydrogen) atoms. The first-order valence-electron chi connectivity index (χ1n) is 5.39. The third-order valence-corrected chi connectivity index (χ3v) is 3.12. The van der Waals surface area contributed by atoms with Gasteiger partial charge in [-0.25, -0.2) is 0 Å². The first-order valence-corrected chi connectivity index (χ1v) is 5.77. The lowest BCUT2D eigenvalue weighted by atomic mass is 9.96. The zero-order valence-electron chi connectivity index (χ0n) is 9.40. The predicted octanol–water partition coefficient (Wildman–Crippen LogP) is 2.51. The van der Waals surface area contributed by atoms with Crippen molar-refractivity contribution in [2.75, 3.05) is 13.2 Å². The van der Waals surface area contributed by atoms with Gasteiger partial charge in [0.1, 0.15) is 25.2 Å². The number of ether oxygens (including phenoxy) is 2. The summed E-state index contributed by atoms with van der Waals surface area (Å²) in [6.07, 6.45) is 1.14. The molecule has 1 atom stereocenters. The second-order valence-electron chi connectivity index (χ2n) is 3.95. The molecule has 1 heterocycles. The molecule has 5 heteroatoms. The van der Waals surface area contributed by atoms with Crippen molar-refractivity contribution < 1.29 is 19.4 Å². The average Bonchev–Trinajstić information content (AvgIpc) is 2.31. The summed E-state index contributed by atoms with van der Waals surface area (Å²) >= 11 is 6.06. The second-order valence-corrected chi connectivity index (χ2v) is 4.33. The Labute approximate surface area is 104 Å². The van der Waals surface area contributed by atoms with Gasteiger partial charge >= 0.3 is 0 Å². The SMILES string of the molecule is CC(CC=O)c1c(Cl)c(O)cc2c1OCCO2. The van der Waals surface area contributed by atoms with Crippen molar-refractivity contribution >= 4 is 17.9 Å². The largest absolute Gasteiger partial charge is 0.506 e. The fourth-order valence-electron chi connectivity index (χ4n) is 1.88.